The Bertz CT molecular complexity index is 1410. The summed E-state index contributed by atoms with van der Waals surface area (Å²) in [6.07, 6.45) is 8.42. The minimum Gasteiger partial charge on any atom is -0.475 e. The fourth-order valence-electron chi connectivity index (χ4n) is 5.19. The number of fused-ring (bicyclic) bond motifs is 1. The molecule has 4 aromatic rings. The molecule has 1 aliphatic heterocycles. The number of rotatable bonds is 3. The Kier molecular flexibility index (Phi) is 5.24. The van der Waals surface area contributed by atoms with Gasteiger partial charge in [-0.3, -0.25) is 0 Å². The lowest BCUT2D eigenvalue weighted by Crippen LogP contribution is -2.29. The molecule has 0 N–H and O–H groups in total. The topological polar surface area (TPSA) is 29.9 Å². The highest BCUT2D eigenvalue weighted by atomic mass is 16.5. The summed E-state index contributed by atoms with van der Waals surface area (Å²) in [7, 11) is 0. The van der Waals surface area contributed by atoms with Crippen molar-refractivity contribution in [2.75, 3.05) is 6.61 Å². The average molecular weight is 451 g/mol. The van der Waals surface area contributed by atoms with Crippen molar-refractivity contribution in [1.29, 1.82) is 0 Å². The van der Waals surface area contributed by atoms with Crippen molar-refractivity contribution in [2.24, 2.45) is 10.9 Å². The molecule has 0 saturated carbocycles. The van der Waals surface area contributed by atoms with Gasteiger partial charge in [-0.2, -0.15) is 4.40 Å². The molecular weight excluding hydrogens is 418 g/mol. The van der Waals surface area contributed by atoms with E-state index < -0.39 is 0 Å². The maximum absolute atomic E-state index is 6.09. The van der Waals surface area contributed by atoms with Crippen LogP contribution in [0.2, 0.25) is 0 Å². The molecule has 4 bridgehead atoms. The average Bonchev–Trinajstić information content (AvgIpc) is 3.49. The van der Waals surface area contributed by atoms with Crippen LogP contribution in [0.4, 0.5) is 0 Å². The number of pyridine rings is 1. The molecule has 4 aliphatic carbocycles. The van der Waals surface area contributed by atoms with Crippen molar-refractivity contribution in [3.05, 3.63) is 101 Å². The van der Waals surface area contributed by atoms with Crippen LogP contribution < -0.4 is 4.57 Å². The predicted octanol–water partition coefficient (Wildman–Crippen LogP) is 5.21. The van der Waals surface area contributed by atoms with Crippen molar-refractivity contribution < 1.29 is 9.30 Å². The monoisotopic (exact) mass is 450 g/mol. The summed E-state index contributed by atoms with van der Waals surface area (Å²) in [5, 5.41) is 0. The van der Waals surface area contributed by atoms with E-state index in [1.807, 2.05) is 0 Å². The van der Waals surface area contributed by atoms with Crippen LogP contribution in [0.5, 0.6) is 0 Å². The van der Waals surface area contributed by atoms with E-state index in [9.17, 15) is 0 Å². The molecule has 4 heteroatoms. The quantitative estimate of drug-likeness (QED) is 0.394. The standard InChI is InChI=1S/C30H32N3O/c1-20(2)28-18-34-30(31-28)27-15-22-7-11-24(27)12-8-23-10-14-25(13-9-22)29(16-23)32-17-26-6-4-5-21(3)33(26)19-32/h4-7,10-11,14-17,19-20,28H,8-9,12-13,18H2,1-3H3/q+1/t28-/m1/s1. The van der Waals surface area contributed by atoms with Crippen LogP contribution in [0.3, 0.4) is 0 Å². The van der Waals surface area contributed by atoms with Crippen LogP contribution in [0.15, 0.2) is 72.1 Å². The number of imidazole rings is 1. The van der Waals surface area contributed by atoms with Gasteiger partial charge in [-0.15, -0.1) is 0 Å². The van der Waals surface area contributed by atoms with Crippen molar-refractivity contribution in [3.63, 3.8) is 0 Å². The first-order valence-corrected chi connectivity index (χ1v) is 12.5. The molecule has 1 atom stereocenters. The van der Waals surface area contributed by atoms with Gasteiger partial charge < -0.3 is 4.74 Å². The summed E-state index contributed by atoms with van der Waals surface area (Å²) >= 11 is 0. The van der Waals surface area contributed by atoms with Crippen LogP contribution in [0.1, 0.15) is 47.4 Å². The summed E-state index contributed by atoms with van der Waals surface area (Å²) in [5.74, 6) is 1.34. The number of hydrogen-bond donors (Lipinski definition) is 0. The van der Waals surface area contributed by atoms with Gasteiger partial charge in [0.15, 0.2) is 5.52 Å². The molecule has 5 aliphatic rings. The van der Waals surface area contributed by atoms with E-state index in [4.69, 9.17) is 9.73 Å². The number of ether oxygens (including phenoxy) is 1. The zero-order chi connectivity index (χ0) is 23.2. The Balaban J connectivity index is 1.38. The van der Waals surface area contributed by atoms with E-state index in [1.165, 1.54) is 44.7 Å². The summed E-state index contributed by atoms with van der Waals surface area (Å²) in [4.78, 5) is 4.94. The van der Waals surface area contributed by atoms with Gasteiger partial charge in [-0.1, -0.05) is 44.2 Å². The molecule has 34 heavy (non-hydrogen) atoms. The van der Waals surface area contributed by atoms with E-state index >= 15 is 0 Å². The summed E-state index contributed by atoms with van der Waals surface area (Å²) < 4.78 is 10.6. The zero-order valence-electron chi connectivity index (χ0n) is 20.3. The molecule has 0 unspecified atom stereocenters. The smallest absolute Gasteiger partial charge is 0.254 e. The van der Waals surface area contributed by atoms with Gasteiger partial charge >= 0.3 is 0 Å². The van der Waals surface area contributed by atoms with Crippen LogP contribution in [0.25, 0.3) is 11.2 Å². The number of nitrogens with zero attached hydrogens (tertiary/aromatic N) is 3. The normalized spacial score (nSPS) is 17.6. The fourth-order valence-corrected chi connectivity index (χ4v) is 5.19. The summed E-state index contributed by atoms with van der Waals surface area (Å²) in [6.45, 7) is 7.29. The molecule has 3 heterocycles. The van der Waals surface area contributed by atoms with Gasteiger partial charge in [0.05, 0.1) is 6.04 Å². The first-order chi connectivity index (χ1) is 16.5. The maximum Gasteiger partial charge on any atom is 0.254 e. The van der Waals surface area contributed by atoms with Crippen molar-refractivity contribution >= 4 is 11.4 Å². The predicted molar refractivity (Wildman–Crippen MR) is 136 cm³/mol. The van der Waals surface area contributed by atoms with Gasteiger partial charge in [0.1, 0.15) is 24.2 Å². The number of aliphatic imine (C=N–C) groups is 1. The highest BCUT2D eigenvalue weighted by molar-refractivity contribution is 5.96. The van der Waals surface area contributed by atoms with Crippen LogP contribution >= 0.6 is 0 Å². The molecule has 2 aromatic heterocycles. The number of benzene rings is 2. The van der Waals surface area contributed by atoms with Crippen molar-refractivity contribution in [3.8, 4) is 5.69 Å². The highest BCUT2D eigenvalue weighted by Crippen LogP contribution is 2.25. The molecule has 9 rings (SSSR count). The van der Waals surface area contributed by atoms with Crippen LogP contribution in [0, 0.1) is 12.8 Å². The number of aryl methyl sites for hydroxylation is 5. The van der Waals surface area contributed by atoms with E-state index in [0.717, 1.165) is 31.6 Å². The Morgan fingerprint density at radius 2 is 1.71 bits per heavy atom. The molecule has 0 amide bonds. The summed E-state index contributed by atoms with van der Waals surface area (Å²) in [5.41, 5.74) is 10.4. The first-order valence-electron chi connectivity index (χ1n) is 12.5. The second kappa shape index (κ2) is 8.43. The Hall–Kier alpha value is -3.40. The highest BCUT2D eigenvalue weighted by Gasteiger charge is 2.25. The largest absolute Gasteiger partial charge is 0.475 e. The maximum atomic E-state index is 6.09. The van der Waals surface area contributed by atoms with Gasteiger partial charge in [-0.05, 0) is 85.0 Å². The van der Waals surface area contributed by atoms with Crippen LogP contribution in [-0.2, 0) is 30.4 Å². The SMILES string of the molecule is Cc1cccc2c[n+](-c3cc4ccc3CCc3ccc(c(C5=N[C@@H](C(C)C)CO5)c3)CC4)cn12. The van der Waals surface area contributed by atoms with E-state index in [1.54, 1.807) is 0 Å². The third-order valence-corrected chi connectivity index (χ3v) is 7.42. The Morgan fingerprint density at radius 1 is 0.941 bits per heavy atom. The van der Waals surface area contributed by atoms with Crippen LogP contribution in [-0.4, -0.2) is 22.9 Å². The third kappa shape index (κ3) is 3.81. The molecule has 4 nitrogen and oxygen atoms in total. The molecular formula is C30H32N3O+. The summed E-state index contributed by atoms with van der Waals surface area (Å²) in [6, 6.07) is 20.7. The first kappa shape index (κ1) is 21.2. The lowest BCUT2D eigenvalue weighted by atomic mass is 9.92. The van der Waals surface area contributed by atoms with Gasteiger partial charge in [0, 0.05) is 5.56 Å². The minimum atomic E-state index is 0.262. The van der Waals surface area contributed by atoms with Gasteiger partial charge in [0.2, 0.25) is 5.90 Å². The van der Waals surface area contributed by atoms with Crippen molar-refractivity contribution in [2.45, 2.75) is 52.5 Å². The molecule has 172 valence electrons. The second-order valence-electron chi connectivity index (χ2n) is 10.1. The number of aromatic nitrogens is 2. The van der Waals surface area contributed by atoms with E-state index in [-0.39, 0.29) is 6.04 Å². The minimum absolute atomic E-state index is 0.262. The molecule has 0 saturated heterocycles. The Morgan fingerprint density at radius 3 is 2.47 bits per heavy atom. The van der Waals surface area contributed by atoms with Gasteiger partial charge in [-0.25, -0.2) is 9.56 Å². The molecule has 0 fully saturated rings. The van der Waals surface area contributed by atoms with E-state index in [2.05, 4.69) is 96.9 Å². The molecule has 2 aromatic carbocycles. The van der Waals surface area contributed by atoms with Crippen molar-refractivity contribution in [1.82, 2.24) is 4.40 Å². The molecule has 0 radical (unpaired) electrons. The zero-order valence-corrected chi connectivity index (χ0v) is 20.3. The van der Waals surface area contributed by atoms with Gasteiger partial charge in [0.25, 0.3) is 6.33 Å². The third-order valence-electron chi connectivity index (χ3n) is 7.42. The Labute approximate surface area is 201 Å². The lowest BCUT2D eigenvalue weighted by molar-refractivity contribution is -0.594. The fraction of sp³-hybridized carbons (Fsp3) is 0.333. The number of hydrogen-bond acceptors (Lipinski definition) is 2. The lowest BCUT2D eigenvalue weighted by Gasteiger charge is -2.15. The van der Waals surface area contributed by atoms with E-state index in [0.29, 0.717) is 12.5 Å². The second-order valence-corrected chi connectivity index (χ2v) is 10.1. The molecule has 0 spiro atoms.